The molecule has 1 N–H and O–H groups in total. The number of aryl methyl sites for hydroxylation is 2. The summed E-state index contributed by atoms with van der Waals surface area (Å²) >= 11 is 4.72. The molecule has 0 saturated carbocycles. The van der Waals surface area contributed by atoms with Crippen molar-refractivity contribution < 1.29 is 4.79 Å². The summed E-state index contributed by atoms with van der Waals surface area (Å²) in [6, 6.07) is 9.40. The van der Waals surface area contributed by atoms with E-state index in [-0.39, 0.29) is 11.2 Å². The van der Waals surface area contributed by atoms with Crippen LogP contribution in [0.3, 0.4) is 0 Å². The second-order valence-electron chi connectivity index (χ2n) is 4.69. The quantitative estimate of drug-likeness (QED) is 0.657. The number of nitrogens with one attached hydrogen (secondary N) is 1. The minimum absolute atomic E-state index is 0.0647. The van der Waals surface area contributed by atoms with Crippen LogP contribution in [-0.4, -0.2) is 21.1 Å². The van der Waals surface area contributed by atoms with Gasteiger partial charge in [-0.2, -0.15) is 0 Å². The Balaban J connectivity index is 2.00. The van der Waals surface area contributed by atoms with E-state index >= 15 is 0 Å². The molecule has 0 radical (unpaired) electrons. The smallest absolute Gasteiger partial charge is 0.237 e. The highest BCUT2D eigenvalue weighted by Gasteiger charge is 2.16. The number of aromatic nitrogens is 2. The van der Waals surface area contributed by atoms with Crippen molar-refractivity contribution in [3.8, 4) is 0 Å². The van der Waals surface area contributed by atoms with Gasteiger partial charge in [0.25, 0.3) is 0 Å². The summed E-state index contributed by atoms with van der Waals surface area (Å²) in [5.41, 5.74) is 2.59. The zero-order valence-corrected chi connectivity index (χ0v) is 14.5. The average Bonchev–Trinajstić information content (AvgIpc) is 2.40. The maximum absolute atomic E-state index is 12.2. The number of amides is 1. The summed E-state index contributed by atoms with van der Waals surface area (Å²) in [4.78, 5) is 20.9. The third-order valence-corrected chi connectivity index (χ3v) is 4.21. The van der Waals surface area contributed by atoms with Crippen LogP contribution in [0, 0.1) is 13.8 Å². The first-order valence-electron chi connectivity index (χ1n) is 6.49. The molecule has 0 aliphatic rings. The largest absolute Gasteiger partial charge is 0.325 e. The third-order valence-electron chi connectivity index (χ3n) is 2.72. The molecule has 1 atom stereocenters. The Morgan fingerprint density at radius 2 is 1.76 bits per heavy atom. The second-order valence-corrected chi connectivity index (χ2v) is 6.91. The molecular weight excluding hydrogens is 350 g/mol. The number of benzene rings is 1. The highest BCUT2D eigenvalue weighted by atomic mass is 79.9. The van der Waals surface area contributed by atoms with Crippen LogP contribution in [-0.2, 0) is 4.79 Å². The van der Waals surface area contributed by atoms with Crippen molar-refractivity contribution in [3.63, 3.8) is 0 Å². The van der Waals surface area contributed by atoms with E-state index in [2.05, 4.69) is 31.2 Å². The first-order chi connectivity index (χ1) is 9.94. The lowest BCUT2D eigenvalue weighted by Gasteiger charge is -2.11. The van der Waals surface area contributed by atoms with Gasteiger partial charge in [-0.25, -0.2) is 9.97 Å². The van der Waals surface area contributed by atoms with Gasteiger partial charge in [0, 0.05) is 21.5 Å². The number of halogens is 1. The van der Waals surface area contributed by atoms with Gasteiger partial charge in [0.2, 0.25) is 5.91 Å². The average molecular weight is 366 g/mol. The lowest BCUT2D eigenvalue weighted by atomic mass is 10.3. The highest BCUT2D eigenvalue weighted by molar-refractivity contribution is 9.10. The van der Waals surface area contributed by atoms with E-state index in [1.165, 1.54) is 11.8 Å². The molecule has 6 heteroatoms. The number of rotatable bonds is 4. The molecule has 0 aliphatic carbocycles. The lowest BCUT2D eigenvalue weighted by molar-refractivity contribution is -0.115. The van der Waals surface area contributed by atoms with Crippen molar-refractivity contribution in [1.82, 2.24) is 9.97 Å². The van der Waals surface area contributed by atoms with Gasteiger partial charge >= 0.3 is 0 Å². The Morgan fingerprint density at radius 1 is 1.19 bits per heavy atom. The fourth-order valence-corrected chi connectivity index (χ4v) is 2.87. The summed E-state index contributed by atoms with van der Waals surface area (Å²) < 4.78 is 0.978. The molecule has 0 spiro atoms. The number of hydrogen-bond acceptors (Lipinski definition) is 4. The minimum Gasteiger partial charge on any atom is -0.325 e. The van der Waals surface area contributed by atoms with Gasteiger partial charge in [-0.05, 0) is 51.1 Å². The predicted octanol–water partition coefficient (Wildman–Crippen LogP) is 3.98. The molecule has 1 amide bonds. The molecule has 1 unspecified atom stereocenters. The number of thioether (sulfide) groups is 1. The van der Waals surface area contributed by atoms with Gasteiger partial charge in [0.15, 0.2) is 5.16 Å². The molecule has 0 aliphatic heterocycles. The van der Waals surface area contributed by atoms with Gasteiger partial charge in [-0.1, -0.05) is 27.7 Å². The summed E-state index contributed by atoms with van der Waals surface area (Å²) in [6.45, 7) is 5.69. The molecule has 0 saturated heterocycles. The molecule has 2 aromatic rings. The van der Waals surface area contributed by atoms with Crippen molar-refractivity contribution in [2.24, 2.45) is 0 Å². The first kappa shape index (κ1) is 16.0. The predicted molar refractivity (Wildman–Crippen MR) is 89.6 cm³/mol. The zero-order valence-electron chi connectivity index (χ0n) is 12.1. The summed E-state index contributed by atoms with van der Waals surface area (Å²) in [5, 5.41) is 3.24. The monoisotopic (exact) mass is 365 g/mol. The van der Waals surface area contributed by atoms with Gasteiger partial charge in [0.1, 0.15) is 0 Å². The van der Waals surface area contributed by atoms with Gasteiger partial charge in [-0.3, -0.25) is 4.79 Å². The van der Waals surface area contributed by atoms with Gasteiger partial charge in [-0.15, -0.1) is 0 Å². The topological polar surface area (TPSA) is 54.9 Å². The second kappa shape index (κ2) is 7.04. The van der Waals surface area contributed by atoms with Crippen LogP contribution in [0.15, 0.2) is 40.0 Å². The molecule has 2 rings (SSSR count). The zero-order chi connectivity index (χ0) is 15.4. The number of anilines is 1. The van der Waals surface area contributed by atoms with Crippen LogP contribution in [0.25, 0.3) is 0 Å². The molecule has 0 fully saturated rings. The number of carbonyl (C=O) groups is 1. The standard InChI is InChI=1S/C15H16BrN3OS/c1-9-8-10(2)18-15(17-9)21-11(3)14(20)19-13-6-4-12(16)5-7-13/h4-8,11H,1-3H3,(H,19,20). The molecule has 1 heterocycles. The van der Waals surface area contributed by atoms with Crippen LogP contribution in [0.1, 0.15) is 18.3 Å². The van der Waals surface area contributed by atoms with E-state index in [4.69, 9.17) is 0 Å². The Hall–Kier alpha value is -1.40. The minimum atomic E-state index is -0.269. The van der Waals surface area contributed by atoms with Crippen molar-refractivity contribution >= 4 is 39.3 Å². The van der Waals surface area contributed by atoms with Crippen LogP contribution >= 0.6 is 27.7 Å². The molecular formula is C15H16BrN3OS. The summed E-state index contributed by atoms with van der Waals surface area (Å²) in [5.74, 6) is -0.0647. The Morgan fingerprint density at radius 3 is 2.33 bits per heavy atom. The Kier molecular flexibility index (Phi) is 5.36. The van der Waals surface area contributed by atoms with E-state index in [0.717, 1.165) is 21.5 Å². The SMILES string of the molecule is Cc1cc(C)nc(SC(C)C(=O)Nc2ccc(Br)cc2)n1. The van der Waals surface area contributed by atoms with E-state index in [1.54, 1.807) is 0 Å². The van der Waals surface area contributed by atoms with Crippen LogP contribution in [0.2, 0.25) is 0 Å². The first-order valence-corrected chi connectivity index (χ1v) is 8.16. The number of carbonyl (C=O) groups excluding carboxylic acids is 1. The fourth-order valence-electron chi connectivity index (χ4n) is 1.74. The van der Waals surface area contributed by atoms with Crippen molar-refractivity contribution in [1.29, 1.82) is 0 Å². The molecule has 0 bridgehead atoms. The Labute approximate surface area is 136 Å². The van der Waals surface area contributed by atoms with E-state index in [1.807, 2.05) is 51.1 Å². The van der Waals surface area contributed by atoms with E-state index in [0.29, 0.717) is 5.16 Å². The lowest BCUT2D eigenvalue weighted by Crippen LogP contribution is -2.22. The molecule has 110 valence electrons. The van der Waals surface area contributed by atoms with Crippen LogP contribution in [0.4, 0.5) is 5.69 Å². The highest BCUT2D eigenvalue weighted by Crippen LogP contribution is 2.22. The maximum Gasteiger partial charge on any atom is 0.237 e. The maximum atomic E-state index is 12.2. The molecule has 4 nitrogen and oxygen atoms in total. The third kappa shape index (κ3) is 4.82. The van der Waals surface area contributed by atoms with Crippen molar-refractivity contribution in [3.05, 3.63) is 46.2 Å². The molecule has 1 aromatic heterocycles. The normalized spacial score (nSPS) is 12.0. The molecule has 21 heavy (non-hydrogen) atoms. The number of hydrogen-bond donors (Lipinski definition) is 1. The van der Waals surface area contributed by atoms with Crippen molar-refractivity contribution in [2.75, 3.05) is 5.32 Å². The fraction of sp³-hybridized carbons (Fsp3) is 0.267. The van der Waals surface area contributed by atoms with Crippen LogP contribution < -0.4 is 5.32 Å². The van der Waals surface area contributed by atoms with Gasteiger partial charge in [0.05, 0.1) is 5.25 Å². The van der Waals surface area contributed by atoms with Crippen molar-refractivity contribution in [2.45, 2.75) is 31.2 Å². The van der Waals surface area contributed by atoms with Gasteiger partial charge < -0.3 is 5.32 Å². The van der Waals surface area contributed by atoms with E-state index in [9.17, 15) is 4.79 Å². The summed E-state index contributed by atoms with van der Waals surface area (Å²) in [6.07, 6.45) is 0. The van der Waals surface area contributed by atoms with Crippen LogP contribution in [0.5, 0.6) is 0 Å². The van der Waals surface area contributed by atoms with E-state index < -0.39 is 0 Å². The number of nitrogens with zero attached hydrogens (tertiary/aromatic N) is 2. The Bertz CT molecular complexity index is 626. The summed E-state index contributed by atoms with van der Waals surface area (Å²) in [7, 11) is 0. The molecule has 1 aromatic carbocycles.